The first-order valence-corrected chi connectivity index (χ1v) is 9.90. The molecule has 7 nitrogen and oxygen atoms in total. The topological polar surface area (TPSA) is 102 Å². The van der Waals surface area contributed by atoms with Crippen molar-refractivity contribution >= 4 is 29.4 Å². The molecule has 1 heterocycles. The molecule has 0 aliphatic carbocycles. The Morgan fingerprint density at radius 1 is 1.33 bits per heavy atom. The lowest BCUT2D eigenvalue weighted by atomic mass is 9.99. The van der Waals surface area contributed by atoms with Gasteiger partial charge in [-0.25, -0.2) is 4.79 Å². The summed E-state index contributed by atoms with van der Waals surface area (Å²) in [5.41, 5.74) is 8.27. The number of phenolic OH excluding ortho intramolecular Hbond substituents is 1. The van der Waals surface area contributed by atoms with E-state index in [4.69, 9.17) is 26.8 Å². The number of halogens is 1. The van der Waals surface area contributed by atoms with Crippen LogP contribution in [0.3, 0.4) is 0 Å². The molecule has 158 valence electrons. The predicted octanol–water partition coefficient (Wildman–Crippen LogP) is 4.12. The minimum Gasteiger partial charge on any atom is -0.506 e. The summed E-state index contributed by atoms with van der Waals surface area (Å²) >= 11 is 6.29. The number of para-hydroxylation sites is 1. The van der Waals surface area contributed by atoms with E-state index >= 15 is 0 Å². The van der Waals surface area contributed by atoms with Gasteiger partial charge in [0.05, 0.1) is 5.69 Å². The Morgan fingerprint density at radius 2 is 2.13 bits per heavy atom. The molecule has 1 unspecified atom stereocenters. The highest BCUT2D eigenvalue weighted by molar-refractivity contribution is 6.31. The Balaban J connectivity index is 1.69. The molecule has 30 heavy (non-hydrogen) atoms. The Labute approximate surface area is 179 Å². The molecule has 1 aliphatic rings. The summed E-state index contributed by atoms with van der Waals surface area (Å²) in [6, 6.07) is 9.16. The minimum absolute atomic E-state index is 0.00900. The van der Waals surface area contributed by atoms with Gasteiger partial charge in [-0.05, 0) is 42.2 Å². The molecule has 1 amide bonds. The van der Waals surface area contributed by atoms with Crippen LogP contribution in [0.25, 0.3) is 0 Å². The second kappa shape index (κ2) is 9.65. The molecule has 0 spiro atoms. The molecule has 0 bridgehead atoms. The van der Waals surface area contributed by atoms with E-state index in [0.717, 1.165) is 18.4 Å². The molecule has 3 rings (SSSR count). The average molecular weight is 431 g/mol. The highest BCUT2D eigenvalue weighted by atomic mass is 35.5. The van der Waals surface area contributed by atoms with E-state index in [-0.39, 0.29) is 35.5 Å². The quantitative estimate of drug-likeness (QED) is 0.406. The first kappa shape index (κ1) is 21.7. The van der Waals surface area contributed by atoms with Crippen LogP contribution in [0.5, 0.6) is 11.5 Å². The molecule has 8 heteroatoms. The normalized spacial score (nSPS) is 13.9. The van der Waals surface area contributed by atoms with Crippen LogP contribution in [0.1, 0.15) is 30.0 Å². The Hall–Kier alpha value is -3.03. The van der Waals surface area contributed by atoms with E-state index in [9.17, 15) is 14.7 Å². The smallest absolute Gasteiger partial charge is 0.506 e. The van der Waals surface area contributed by atoms with Crippen molar-refractivity contribution in [2.24, 2.45) is 5.73 Å². The maximum atomic E-state index is 12.9. The van der Waals surface area contributed by atoms with E-state index in [1.165, 1.54) is 18.2 Å². The van der Waals surface area contributed by atoms with Crippen LogP contribution in [-0.2, 0) is 16.0 Å². The van der Waals surface area contributed by atoms with Crippen molar-refractivity contribution in [1.29, 1.82) is 0 Å². The van der Waals surface area contributed by atoms with E-state index in [0.29, 0.717) is 17.8 Å². The van der Waals surface area contributed by atoms with Gasteiger partial charge in [0.1, 0.15) is 18.1 Å². The minimum atomic E-state index is -0.873. The summed E-state index contributed by atoms with van der Waals surface area (Å²) in [6.07, 6.45) is 2.18. The number of nitrogens with two attached hydrogens (primary N) is 1. The van der Waals surface area contributed by atoms with Crippen LogP contribution >= 0.6 is 11.6 Å². The Morgan fingerprint density at radius 3 is 2.87 bits per heavy atom. The average Bonchev–Trinajstić information content (AvgIpc) is 2.72. The zero-order valence-corrected chi connectivity index (χ0v) is 17.1. The van der Waals surface area contributed by atoms with Gasteiger partial charge >= 0.3 is 6.16 Å². The lowest BCUT2D eigenvalue weighted by molar-refractivity contribution is -0.119. The van der Waals surface area contributed by atoms with Crippen LogP contribution in [0.4, 0.5) is 10.5 Å². The molecule has 0 fully saturated rings. The lowest BCUT2D eigenvalue weighted by Crippen LogP contribution is -2.37. The number of nitrogens with zero attached hydrogens (tertiary/aromatic N) is 1. The van der Waals surface area contributed by atoms with Crippen molar-refractivity contribution in [1.82, 2.24) is 0 Å². The zero-order chi connectivity index (χ0) is 21.7. The number of phenols is 1. The van der Waals surface area contributed by atoms with Crippen molar-refractivity contribution in [2.75, 3.05) is 18.1 Å². The van der Waals surface area contributed by atoms with Crippen LogP contribution in [0, 0.1) is 0 Å². The number of aromatic hydroxyl groups is 1. The molecule has 0 aromatic heterocycles. The third-order valence-electron chi connectivity index (χ3n) is 4.78. The number of carbonyl (C=O) groups excluding carboxylic acids is 2. The second-order valence-electron chi connectivity index (χ2n) is 6.88. The molecule has 0 saturated heterocycles. The van der Waals surface area contributed by atoms with Crippen molar-refractivity contribution in [3.63, 3.8) is 0 Å². The van der Waals surface area contributed by atoms with Gasteiger partial charge in [0, 0.05) is 24.0 Å². The molecular weight excluding hydrogens is 408 g/mol. The maximum Gasteiger partial charge on any atom is 0.514 e. The molecule has 0 saturated carbocycles. The number of carbonyl (C=O) groups is 2. The molecule has 1 aliphatic heterocycles. The van der Waals surface area contributed by atoms with Gasteiger partial charge in [-0.15, -0.1) is 0 Å². The van der Waals surface area contributed by atoms with Crippen LogP contribution in [0.15, 0.2) is 49.1 Å². The largest absolute Gasteiger partial charge is 0.514 e. The van der Waals surface area contributed by atoms with E-state index in [1.807, 2.05) is 6.07 Å². The summed E-state index contributed by atoms with van der Waals surface area (Å²) < 4.78 is 9.78. The third-order valence-corrected chi connectivity index (χ3v) is 5.11. The fraction of sp³-hybridized carbons (Fsp3) is 0.273. The van der Waals surface area contributed by atoms with Crippen molar-refractivity contribution in [3.8, 4) is 11.5 Å². The van der Waals surface area contributed by atoms with Crippen LogP contribution < -0.4 is 15.4 Å². The number of hydrogen-bond donors (Lipinski definition) is 2. The van der Waals surface area contributed by atoms with Crippen LogP contribution in [-0.4, -0.2) is 30.3 Å². The number of amides is 1. The Kier molecular flexibility index (Phi) is 6.97. The molecule has 2 aromatic carbocycles. The van der Waals surface area contributed by atoms with Crippen LogP contribution in [0.2, 0.25) is 5.02 Å². The fourth-order valence-corrected chi connectivity index (χ4v) is 3.72. The molecule has 3 N–H and O–H groups in total. The molecule has 0 radical (unpaired) electrons. The van der Waals surface area contributed by atoms with Gasteiger partial charge in [0.15, 0.2) is 0 Å². The summed E-state index contributed by atoms with van der Waals surface area (Å²) in [5.74, 6) is 0.0811. The number of anilines is 1. The second-order valence-corrected chi connectivity index (χ2v) is 7.29. The number of fused-ring (bicyclic) bond motifs is 1. The van der Waals surface area contributed by atoms with Crippen molar-refractivity contribution < 1.29 is 24.2 Å². The van der Waals surface area contributed by atoms with Gasteiger partial charge in [-0.1, -0.05) is 42.5 Å². The number of aryl methyl sites for hydroxylation is 1. The van der Waals surface area contributed by atoms with E-state index in [1.54, 1.807) is 23.1 Å². The van der Waals surface area contributed by atoms with E-state index < -0.39 is 12.2 Å². The third kappa shape index (κ3) is 4.93. The van der Waals surface area contributed by atoms with Gasteiger partial charge in [-0.3, -0.25) is 4.79 Å². The molecule has 1 atom stereocenters. The predicted molar refractivity (Wildman–Crippen MR) is 114 cm³/mol. The van der Waals surface area contributed by atoms with Gasteiger partial charge < -0.3 is 25.2 Å². The van der Waals surface area contributed by atoms with E-state index in [2.05, 4.69) is 6.58 Å². The first-order chi connectivity index (χ1) is 14.4. The zero-order valence-electron chi connectivity index (χ0n) is 16.3. The highest BCUT2D eigenvalue weighted by Crippen LogP contribution is 2.36. The molecule has 2 aromatic rings. The SMILES string of the molecule is C=CCOC(=O)Oc1ccc(C(N)CC(=O)N2CCCc3cccc(O)c32)c(Cl)c1. The molecular formula is C22H23ClN2O5. The number of ether oxygens (including phenoxy) is 2. The fourth-order valence-electron chi connectivity index (χ4n) is 3.41. The van der Waals surface area contributed by atoms with Crippen molar-refractivity contribution in [3.05, 3.63) is 65.2 Å². The van der Waals surface area contributed by atoms with Gasteiger partial charge in [0.2, 0.25) is 5.91 Å². The standard InChI is InChI=1S/C22H23ClN2O5/c1-2-11-29-22(28)30-15-8-9-16(17(23)12-15)18(24)13-20(27)25-10-4-6-14-5-3-7-19(26)21(14)25/h2-3,5,7-9,12,18,26H,1,4,6,10-11,13,24H2. The lowest BCUT2D eigenvalue weighted by Gasteiger charge is -2.31. The Bertz CT molecular complexity index is 963. The van der Waals surface area contributed by atoms with Crippen molar-refractivity contribution in [2.45, 2.75) is 25.3 Å². The highest BCUT2D eigenvalue weighted by Gasteiger charge is 2.27. The van der Waals surface area contributed by atoms with Gasteiger partial charge in [0.25, 0.3) is 0 Å². The number of rotatable bonds is 6. The summed E-state index contributed by atoms with van der Waals surface area (Å²) in [7, 11) is 0. The number of benzene rings is 2. The maximum absolute atomic E-state index is 12.9. The monoisotopic (exact) mass is 430 g/mol. The summed E-state index contributed by atoms with van der Waals surface area (Å²) in [6.45, 7) is 4.00. The van der Waals surface area contributed by atoms with Gasteiger partial charge in [-0.2, -0.15) is 0 Å². The summed E-state index contributed by atoms with van der Waals surface area (Å²) in [5, 5.41) is 10.5. The first-order valence-electron chi connectivity index (χ1n) is 9.52. The number of hydrogen-bond acceptors (Lipinski definition) is 6. The summed E-state index contributed by atoms with van der Waals surface area (Å²) in [4.78, 5) is 26.0.